The van der Waals surface area contributed by atoms with Gasteiger partial charge in [-0.1, -0.05) is 6.92 Å². The van der Waals surface area contributed by atoms with Gasteiger partial charge in [0.2, 0.25) is 5.88 Å². The van der Waals surface area contributed by atoms with Gasteiger partial charge in [-0.3, -0.25) is 4.68 Å². The molecule has 20 heavy (non-hydrogen) atoms. The first-order valence-electron chi connectivity index (χ1n) is 6.52. The molecule has 108 valence electrons. The van der Waals surface area contributed by atoms with E-state index in [0.29, 0.717) is 37.0 Å². The van der Waals surface area contributed by atoms with Crippen LogP contribution in [0.25, 0.3) is 0 Å². The Labute approximate surface area is 117 Å². The lowest BCUT2D eigenvalue weighted by molar-refractivity contribution is 0.306. The Balaban J connectivity index is 1.92. The fourth-order valence-corrected chi connectivity index (χ4v) is 1.63. The van der Waals surface area contributed by atoms with Crippen LogP contribution in [0.2, 0.25) is 0 Å². The van der Waals surface area contributed by atoms with Crippen LogP contribution in [-0.2, 0) is 13.5 Å². The van der Waals surface area contributed by atoms with Gasteiger partial charge in [-0.15, -0.1) is 0 Å². The van der Waals surface area contributed by atoms with Crippen LogP contribution in [-0.4, -0.2) is 37.9 Å². The van der Waals surface area contributed by atoms with Crippen LogP contribution >= 0.6 is 0 Å². The van der Waals surface area contributed by atoms with Crippen molar-refractivity contribution in [3.05, 3.63) is 18.5 Å². The second-order valence-electron chi connectivity index (χ2n) is 4.30. The van der Waals surface area contributed by atoms with Crippen LogP contribution in [0.4, 0.5) is 11.5 Å². The first kappa shape index (κ1) is 14.0. The summed E-state index contributed by atoms with van der Waals surface area (Å²) >= 11 is 0. The van der Waals surface area contributed by atoms with Crippen molar-refractivity contribution in [2.45, 2.75) is 19.8 Å². The number of anilines is 2. The predicted octanol–water partition coefficient (Wildman–Crippen LogP) is 0.631. The highest BCUT2D eigenvalue weighted by Gasteiger charge is 2.09. The summed E-state index contributed by atoms with van der Waals surface area (Å²) in [4.78, 5) is 12.3. The Bertz CT molecular complexity index is 554. The van der Waals surface area contributed by atoms with Crippen LogP contribution < -0.4 is 15.8 Å². The molecule has 0 aliphatic carbocycles. The van der Waals surface area contributed by atoms with Gasteiger partial charge in [0.25, 0.3) is 0 Å². The summed E-state index contributed by atoms with van der Waals surface area (Å²) in [5, 5.41) is 7.34. The predicted molar refractivity (Wildman–Crippen MR) is 75.4 cm³/mol. The van der Waals surface area contributed by atoms with Crippen molar-refractivity contribution in [2.75, 3.05) is 24.2 Å². The molecular formula is C12H19N7O. The van der Waals surface area contributed by atoms with E-state index in [9.17, 15) is 0 Å². The highest BCUT2D eigenvalue weighted by Crippen LogP contribution is 2.24. The molecule has 0 bridgehead atoms. The van der Waals surface area contributed by atoms with Crippen LogP contribution in [0.5, 0.6) is 5.88 Å². The minimum Gasteiger partial charge on any atom is -0.476 e. The number of rotatable bonds is 7. The minimum atomic E-state index is 0.417. The average molecular weight is 277 g/mol. The fourth-order valence-electron chi connectivity index (χ4n) is 1.63. The molecule has 0 fully saturated rings. The number of hydrogen-bond acceptors (Lipinski definition) is 7. The van der Waals surface area contributed by atoms with Crippen molar-refractivity contribution in [3.63, 3.8) is 0 Å². The molecule has 2 aromatic rings. The molecule has 0 aromatic carbocycles. The lowest BCUT2D eigenvalue weighted by atomic mass is 10.4. The maximum Gasteiger partial charge on any atom is 0.242 e. The number of nitrogens with one attached hydrogen (secondary N) is 1. The molecule has 0 atom stereocenters. The Kier molecular flexibility index (Phi) is 4.70. The molecule has 3 N–H and O–H groups in total. The molecule has 2 rings (SSSR count). The second-order valence-corrected chi connectivity index (χ2v) is 4.30. The van der Waals surface area contributed by atoms with E-state index in [1.54, 1.807) is 11.0 Å². The van der Waals surface area contributed by atoms with Gasteiger partial charge in [0.05, 0.1) is 6.61 Å². The standard InChI is InChI=1S/C12H19N7O/c1-3-6-20-12-10(13)11(15-7-16-12)14-5-4-9-17-8-19(2)18-9/h7-8H,3-6,13H2,1-2H3,(H,14,15,16). The van der Waals surface area contributed by atoms with E-state index in [1.807, 2.05) is 14.0 Å². The molecular weight excluding hydrogens is 258 g/mol. The molecule has 0 unspecified atom stereocenters. The number of nitrogens with zero attached hydrogens (tertiary/aromatic N) is 5. The second kappa shape index (κ2) is 6.69. The highest BCUT2D eigenvalue weighted by molar-refractivity contribution is 5.66. The number of aromatic nitrogens is 5. The van der Waals surface area contributed by atoms with E-state index >= 15 is 0 Å². The smallest absolute Gasteiger partial charge is 0.242 e. The first-order valence-corrected chi connectivity index (χ1v) is 6.52. The quantitative estimate of drug-likeness (QED) is 0.765. The van der Waals surface area contributed by atoms with Crippen LogP contribution in [0, 0.1) is 0 Å². The van der Waals surface area contributed by atoms with Gasteiger partial charge in [-0.25, -0.2) is 9.97 Å². The van der Waals surface area contributed by atoms with Crippen molar-refractivity contribution in [2.24, 2.45) is 7.05 Å². The zero-order valence-electron chi connectivity index (χ0n) is 11.7. The number of ether oxygens (including phenoxy) is 1. The molecule has 0 saturated carbocycles. The van der Waals surface area contributed by atoms with Crippen molar-refractivity contribution < 1.29 is 4.74 Å². The molecule has 2 aromatic heterocycles. The Morgan fingerprint density at radius 3 is 2.90 bits per heavy atom. The van der Waals surface area contributed by atoms with Gasteiger partial charge >= 0.3 is 0 Å². The molecule has 0 saturated heterocycles. The van der Waals surface area contributed by atoms with E-state index in [4.69, 9.17) is 10.5 Å². The van der Waals surface area contributed by atoms with Gasteiger partial charge < -0.3 is 15.8 Å². The summed E-state index contributed by atoms with van der Waals surface area (Å²) in [6.07, 6.45) is 4.70. The number of nitrogen functional groups attached to an aromatic ring is 1. The maximum atomic E-state index is 5.96. The number of hydrogen-bond donors (Lipinski definition) is 2. The molecule has 0 spiro atoms. The molecule has 8 heteroatoms. The Hall–Kier alpha value is -2.38. The lowest BCUT2D eigenvalue weighted by Gasteiger charge is -2.10. The van der Waals surface area contributed by atoms with E-state index in [2.05, 4.69) is 25.4 Å². The summed E-state index contributed by atoms with van der Waals surface area (Å²) in [5.74, 6) is 1.76. The van der Waals surface area contributed by atoms with Crippen LogP contribution in [0.3, 0.4) is 0 Å². The average Bonchev–Trinajstić information content (AvgIpc) is 2.85. The normalized spacial score (nSPS) is 10.5. The Morgan fingerprint density at radius 1 is 1.35 bits per heavy atom. The lowest BCUT2D eigenvalue weighted by Crippen LogP contribution is -2.11. The molecule has 2 heterocycles. The third-order valence-electron chi connectivity index (χ3n) is 2.58. The summed E-state index contributed by atoms with van der Waals surface area (Å²) in [6.45, 7) is 3.24. The van der Waals surface area contributed by atoms with E-state index in [0.717, 1.165) is 12.2 Å². The van der Waals surface area contributed by atoms with Gasteiger partial charge in [0.1, 0.15) is 18.3 Å². The summed E-state index contributed by atoms with van der Waals surface area (Å²) < 4.78 is 7.12. The van der Waals surface area contributed by atoms with Gasteiger partial charge in [0, 0.05) is 20.0 Å². The van der Waals surface area contributed by atoms with Gasteiger partial charge in [0.15, 0.2) is 11.6 Å². The van der Waals surface area contributed by atoms with E-state index < -0.39 is 0 Å². The molecule has 0 aliphatic rings. The third kappa shape index (κ3) is 3.56. The number of nitrogens with two attached hydrogens (primary N) is 1. The third-order valence-corrected chi connectivity index (χ3v) is 2.58. The van der Waals surface area contributed by atoms with Gasteiger partial charge in [-0.2, -0.15) is 10.1 Å². The monoisotopic (exact) mass is 277 g/mol. The molecule has 0 radical (unpaired) electrons. The van der Waals surface area contributed by atoms with Crippen LogP contribution in [0.1, 0.15) is 19.2 Å². The largest absolute Gasteiger partial charge is 0.476 e. The Morgan fingerprint density at radius 2 is 2.20 bits per heavy atom. The zero-order chi connectivity index (χ0) is 14.4. The van der Waals surface area contributed by atoms with Crippen molar-refractivity contribution in [1.29, 1.82) is 0 Å². The zero-order valence-corrected chi connectivity index (χ0v) is 11.7. The maximum absolute atomic E-state index is 5.96. The number of aryl methyl sites for hydroxylation is 1. The van der Waals surface area contributed by atoms with Crippen LogP contribution in [0.15, 0.2) is 12.7 Å². The summed E-state index contributed by atoms with van der Waals surface area (Å²) in [7, 11) is 1.84. The van der Waals surface area contributed by atoms with Gasteiger partial charge in [-0.05, 0) is 6.42 Å². The van der Waals surface area contributed by atoms with Crippen molar-refractivity contribution >= 4 is 11.5 Å². The summed E-state index contributed by atoms with van der Waals surface area (Å²) in [6, 6.07) is 0. The molecule has 8 nitrogen and oxygen atoms in total. The molecule has 0 amide bonds. The highest BCUT2D eigenvalue weighted by atomic mass is 16.5. The van der Waals surface area contributed by atoms with Crippen molar-refractivity contribution in [3.8, 4) is 5.88 Å². The minimum absolute atomic E-state index is 0.417. The topological polar surface area (TPSA) is 104 Å². The van der Waals surface area contributed by atoms with Crippen molar-refractivity contribution in [1.82, 2.24) is 24.7 Å². The molecule has 0 aliphatic heterocycles. The van der Waals surface area contributed by atoms with E-state index in [1.165, 1.54) is 6.33 Å². The first-order chi connectivity index (χ1) is 9.70. The SMILES string of the molecule is CCCOc1ncnc(NCCc2ncn(C)n2)c1N. The summed E-state index contributed by atoms with van der Waals surface area (Å²) in [5.41, 5.74) is 6.39. The van der Waals surface area contributed by atoms with E-state index in [-0.39, 0.29) is 0 Å². The fraction of sp³-hybridized carbons (Fsp3) is 0.500.